The lowest BCUT2D eigenvalue weighted by molar-refractivity contribution is 0.767. The van der Waals surface area contributed by atoms with E-state index in [4.69, 9.17) is 17.0 Å². The highest BCUT2D eigenvalue weighted by atomic mass is 35.5. The molecule has 0 aliphatic rings. The zero-order valence-electron chi connectivity index (χ0n) is 7.00. The van der Waals surface area contributed by atoms with E-state index in [1.165, 1.54) is 0 Å². The summed E-state index contributed by atoms with van der Waals surface area (Å²) in [4.78, 5) is 0. The minimum atomic E-state index is 0.312. The topological polar surface area (TPSA) is 41.7 Å². The Hall–Kier alpha value is -1.09. The highest BCUT2D eigenvalue weighted by molar-refractivity contribution is 6.45. The predicted molar refractivity (Wildman–Crippen MR) is 49.6 cm³/mol. The van der Waals surface area contributed by atoms with Gasteiger partial charge in [0, 0.05) is 18.8 Å². The molecule has 0 amide bonds. The molecule has 0 aliphatic heterocycles. The maximum absolute atomic E-state index is 7.60. The average Bonchev–Trinajstić information content (AvgIpc) is 2.49. The molecule has 0 unspecified atom stereocenters. The molecule has 1 heterocycles. The molecular formula is C8H10ClN3. The summed E-state index contributed by atoms with van der Waals surface area (Å²) in [5, 5.41) is 12.0. The number of aromatic nitrogens is 2. The molecule has 3 nitrogen and oxygen atoms in total. The van der Waals surface area contributed by atoms with Gasteiger partial charge in [-0.1, -0.05) is 17.7 Å². The van der Waals surface area contributed by atoms with Gasteiger partial charge in [-0.2, -0.15) is 5.10 Å². The number of aryl methyl sites for hydroxylation is 1. The number of allylic oxidation sites excluding steroid dienone is 2. The molecule has 1 rings (SSSR count). The molecule has 0 atom stereocenters. The Labute approximate surface area is 76.2 Å². The van der Waals surface area contributed by atoms with Crippen LogP contribution in [-0.2, 0) is 7.05 Å². The first-order valence-corrected chi connectivity index (χ1v) is 3.92. The third-order valence-corrected chi connectivity index (χ3v) is 1.89. The van der Waals surface area contributed by atoms with Gasteiger partial charge in [-0.05, 0) is 6.92 Å². The number of hydrogen-bond acceptors (Lipinski definition) is 2. The second-order valence-corrected chi connectivity index (χ2v) is 2.82. The van der Waals surface area contributed by atoms with E-state index in [0.717, 1.165) is 5.56 Å². The quantitative estimate of drug-likeness (QED) is 0.700. The molecule has 4 heteroatoms. The zero-order chi connectivity index (χ0) is 9.14. The van der Waals surface area contributed by atoms with Crippen molar-refractivity contribution < 1.29 is 0 Å². The van der Waals surface area contributed by atoms with E-state index in [-0.39, 0.29) is 0 Å². The van der Waals surface area contributed by atoms with Gasteiger partial charge in [0.1, 0.15) is 0 Å². The molecule has 0 aromatic carbocycles. The van der Waals surface area contributed by atoms with Crippen molar-refractivity contribution in [3.8, 4) is 0 Å². The van der Waals surface area contributed by atoms with Crippen LogP contribution in [-0.4, -0.2) is 15.5 Å². The maximum Gasteiger partial charge on any atom is 0.0826 e. The van der Waals surface area contributed by atoms with Gasteiger partial charge in [0.05, 0.1) is 16.9 Å². The summed E-state index contributed by atoms with van der Waals surface area (Å²) < 4.78 is 1.64. The van der Waals surface area contributed by atoms with Crippen LogP contribution < -0.4 is 0 Å². The molecule has 0 radical (unpaired) electrons. The van der Waals surface area contributed by atoms with Gasteiger partial charge < -0.3 is 0 Å². The number of hydrogen-bond donors (Lipinski definition) is 1. The molecule has 0 saturated carbocycles. The van der Waals surface area contributed by atoms with Crippen molar-refractivity contribution >= 4 is 17.3 Å². The van der Waals surface area contributed by atoms with Crippen molar-refractivity contribution in [3.05, 3.63) is 29.1 Å². The Morgan fingerprint density at radius 1 is 1.75 bits per heavy atom. The minimum Gasteiger partial charge on any atom is -0.299 e. The van der Waals surface area contributed by atoms with E-state index in [9.17, 15) is 0 Å². The largest absolute Gasteiger partial charge is 0.299 e. The monoisotopic (exact) mass is 183 g/mol. The third kappa shape index (κ3) is 1.74. The van der Waals surface area contributed by atoms with Crippen LogP contribution in [0.15, 0.2) is 23.5 Å². The molecule has 1 aromatic heterocycles. The number of rotatable bonds is 2. The SMILES string of the molecule is C/C=C(/Cl)C(=N)c1cnn(C)c1. The summed E-state index contributed by atoms with van der Waals surface area (Å²) >= 11 is 5.76. The standard InChI is InChI=1S/C8H10ClN3/c1-3-7(9)8(10)6-4-11-12(2)5-6/h3-5,10H,1-2H3/b7-3+,10-8?. The van der Waals surface area contributed by atoms with Crippen LogP contribution >= 0.6 is 11.6 Å². The van der Waals surface area contributed by atoms with Crippen LogP contribution in [0.1, 0.15) is 12.5 Å². The van der Waals surface area contributed by atoms with Gasteiger partial charge in [0.15, 0.2) is 0 Å². The van der Waals surface area contributed by atoms with Gasteiger partial charge in [-0.25, -0.2) is 0 Å². The third-order valence-electron chi connectivity index (χ3n) is 1.49. The van der Waals surface area contributed by atoms with Crippen LogP contribution in [0, 0.1) is 5.41 Å². The van der Waals surface area contributed by atoms with Crippen LogP contribution in [0.25, 0.3) is 0 Å². The Morgan fingerprint density at radius 3 is 2.83 bits per heavy atom. The summed E-state index contributed by atoms with van der Waals surface area (Å²) in [6, 6.07) is 0. The van der Waals surface area contributed by atoms with E-state index in [1.807, 2.05) is 0 Å². The smallest absolute Gasteiger partial charge is 0.0826 e. The van der Waals surface area contributed by atoms with Gasteiger partial charge in [-0.3, -0.25) is 10.1 Å². The average molecular weight is 184 g/mol. The summed E-state index contributed by atoms with van der Waals surface area (Å²) in [7, 11) is 1.81. The van der Waals surface area contributed by atoms with Crippen molar-refractivity contribution in [2.45, 2.75) is 6.92 Å². The molecule has 1 N–H and O–H groups in total. The van der Waals surface area contributed by atoms with Gasteiger partial charge in [0.2, 0.25) is 0 Å². The summed E-state index contributed by atoms with van der Waals surface area (Å²) in [5.74, 6) is 0. The molecule has 0 spiro atoms. The lowest BCUT2D eigenvalue weighted by Gasteiger charge is -1.95. The summed E-state index contributed by atoms with van der Waals surface area (Å²) in [6.45, 7) is 1.80. The highest BCUT2D eigenvalue weighted by Crippen LogP contribution is 2.10. The normalized spacial score (nSPS) is 11.8. The fourth-order valence-corrected chi connectivity index (χ4v) is 0.942. The molecule has 0 bridgehead atoms. The van der Waals surface area contributed by atoms with Crippen molar-refractivity contribution in [2.75, 3.05) is 0 Å². The first-order chi connectivity index (χ1) is 5.65. The fourth-order valence-electron chi connectivity index (χ4n) is 0.833. The molecule has 12 heavy (non-hydrogen) atoms. The van der Waals surface area contributed by atoms with E-state index in [1.54, 1.807) is 37.1 Å². The van der Waals surface area contributed by atoms with E-state index in [2.05, 4.69) is 5.10 Å². The van der Waals surface area contributed by atoms with Crippen molar-refractivity contribution in [1.29, 1.82) is 5.41 Å². The van der Waals surface area contributed by atoms with Crippen molar-refractivity contribution in [2.24, 2.45) is 7.05 Å². The molecular weight excluding hydrogens is 174 g/mol. The van der Waals surface area contributed by atoms with E-state index < -0.39 is 0 Å². The molecule has 0 fully saturated rings. The molecule has 1 aromatic rings. The number of nitrogens with one attached hydrogen (secondary N) is 1. The maximum atomic E-state index is 7.60. The summed E-state index contributed by atoms with van der Waals surface area (Å²) in [5.41, 5.74) is 1.05. The molecule has 64 valence electrons. The Kier molecular flexibility index (Phi) is 2.65. The fraction of sp³-hybridized carbons (Fsp3) is 0.250. The minimum absolute atomic E-state index is 0.312. The zero-order valence-corrected chi connectivity index (χ0v) is 7.76. The predicted octanol–water partition coefficient (Wildman–Crippen LogP) is 1.93. The van der Waals surface area contributed by atoms with Gasteiger partial charge >= 0.3 is 0 Å². The Morgan fingerprint density at radius 2 is 2.42 bits per heavy atom. The van der Waals surface area contributed by atoms with Crippen LogP contribution in [0.5, 0.6) is 0 Å². The summed E-state index contributed by atoms with van der Waals surface area (Å²) in [6.07, 6.45) is 5.07. The second-order valence-electron chi connectivity index (χ2n) is 2.41. The molecule has 0 aliphatic carbocycles. The second kappa shape index (κ2) is 3.54. The highest BCUT2D eigenvalue weighted by Gasteiger charge is 2.05. The van der Waals surface area contributed by atoms with E-state index in [0.29, 0.717) is 10.7 Å². The van der Waals surface area contributed by atoms with Crippen molar-refractivity contribution in [1.82, 2.24) is 9.78 Å². The number of halogens is 1. The lowest BCUT2D eigenvalue weighted by Crippen LogP contribution is -1.96. The first-order valence-electron chi connectivity index (χ1n) is 3.55. The van der Waals surface area contributed by atoms with Crippen molar-refractivity contribution in [3.63, 3.8) is 0 Å². The van der Waals surface area contributed by atoms with Crippen LogP contribution in [0.3, 0.4) is 0 Å². The van der Waals surface area contributed by atoms with Gasteiger partial charge in [0.25, 0.3) is 0 Å². The van der Waals surface area contributed by atoms with E-state index >= 15 is 0 Å². The first kappa shape index (κ1) is 9.00. The van der Waals surface area contributed by atoms with Crippen LogP contribution in [0.2, 0.25) is 0 Å². The lowest BCUT2D eigenvalue weighted by atomic mass is 10.2. The number of nitrogens with zero attached hydrogens (tertiary/aromatic N) is 2. The molecule has 0 saturated heterocycles. The van der Waals surface area contributed by atoms with Crippen LogP contribution in [0.4, 0.5) is 0 Å². The Bertz CT molecular complexity index is 325. The van der Waals surface area contributed by atoms with Gasteiger partial charge in [-0.15, -0.1) is 0 Å². The Balaban J connectivity index is 2.93.